The summed E-state index contributed by atoms with van der Waals surface area (Å²) in [5.74, 6) is 0.764. The van der Waals surface area contributed by atoms with Gasteiger partial charge in [-0.3, -0.25) is 0 Å². The van der Waals surface area contributed by atoms with Gasteiger partial charge >= 0.3 is 0 Å². The Bertz CT molecular complexity index is 931. The summed E-state index contributed by atoms with van der Waals surface area (Å²) in [7, 11) is -3.50. The Hall–Kier alpha value is -2.43. The lowest BCUT2D eigenvalue weighted by molar-refractivity contribution is 0.384. The van der Waals surface area contributed by atoms with E-state index in [9.17, 15) is 8.42 Å². The van der Waals surface area contributed by atoms with E-state index in [-0.39, 0.29) is 5.41 Å². The predicted octanol–water partition coefficient (Wildman–Crippen LogP) is 2.76. The third-order valence-corrected chi connectivity index (χ3v) is 6.71. The van der Waals surface area contributed by atoms with Crippen LogP contribution in [0, 0.1) is 11.3 Å². The number of nitriles is 1. The van der Waals surface area contributed by atoms with Crippen LogP contribution in [0.3, 0.4) is 0 Å². The number of hydrogen-bond acceptors (Lipinski definition) is 5. The molecule has 0 aliphatic carbocycles. The molecule has 2 heterocycles. The highest BCUT2D eigenvalue weighted by molar-refractivity contribution is 7.89. The quantitative estimate of drug-likeness (QED) is 0.813. The van der Waals surface area contributed by atoms with Crippen molar-refractivity contribution < 1.29 is 8.42 Å². The number of rotatable bonds is 3. The predicted molar refractivity (Wildman–Crippen MR) is 105 cm³/mol. The highest BCUT2D eigenvalue weighted by atomic mass is 32.2. The molecule has 1 saturated heterocycles. The number of hydrogen-bond donors (Lipinski definition) is 0. The molecular weight excluding hydrogens is 360 g/mol. The molecule has 2 aromatic rings. The molecule has 1 aliphatic rings. The number of aromatic nitrogens is 1. The van der Waals surface area contributed by atoms with E-state index in [2.05, 4.69) is 25.8 Å². The van der Waals surface area contributed by atoms with Crippen LogP contribution in [-0.2, 0) is 15.4 Å². The molecule has 0 atom stereocenters. The van der Waals surface area contributed by atoms with Crippen molar-refractivity contribution in [2.75, 3.05) is 31.1 Å². The lowest BCUT2D eigenvalue weighted by atomic mass is 9.87. The number of pyridine rings is 1. The van der Waals surface area contributed by atoms with Gasteiger partial charge in [0, 0.05) is 32.4 Å². The Morgan fingerprint density at radius 3 is 2.11 bits per heavy atom. The fraction of sp³-hybridized carbons (Fsp3) is 0.400. The van der Waals surface area contributed by atoms with Crippen LogP contribution >= 0.6 is 0 Å². The number of nitrogens with zero attached hydrogens (tertiary/aromatic N) is 4. The van der Waals surface area contributed by atoms with E-state index >= 15 is 0 Å². The summed E-state index contributed by atoms with van der Waals surface area (Å²) < 4.78 is 27.4. The van der Waals surface area contributed by atoms with Crippen molar-refractivity contribution in [1.82, 2.24) is 9.29 Å². The summed E-state index contributed by atoms with van der Waals surface area (Å²) in [6, 6.07) is 12.8. The van der Waals surface area contributed by atoms with Gasteiger partial charge in [-0.15, -0.1) is 0 Å². The third-order valence-electron chi connectivity index (χ3n) is 4.80. The minimum Gasteiger partial charge on any atom is -0.354 e. The molecule has 0 bridgehead atoms. The number of piperazine rings is 1. The highest BCUT2D eigenvalue weighted by Crippen LogP contribution is 2.25. The van der Waals surface area contributed by atoms with Crippen molar-refractivity contribution in [1.29, 1.82) is 5.26 Å². The van der Waals surface area contributed by atoms with Crippen molar-refractivity contribution >= 4 is 15.8 Å². The van der Waals surface area contributed by atoms with Gasteiger partial charge in [-0.2, -0.15) is 9.57 Å². The van der Waals surface area contributed by atoms with Crippen molar-refractivity contribution in [3.8, 4) is 6.07 Å². The van der Waals surface area contributed by atoms with Crippen LogP contribution < -0.4 is 4.90 Å². The summed E-state index contributed by atoms with van der Waals surface area (Å²) in [4.78, 5) is 6.66. The Morgan fingerprint density at radius 1 is 1.00 bits per heavy atom. The zero-order valence-corrected chi connectivity index (χ0v) is 16.7. The fourth-order valence-electron chi connectivity index (χ4n) is 3.07. The van der Waals surface area contributed by atoms with Gasteiger partial charge in [0.15, 0.2) is 0 Å². The Kier molecular flexibility index (Phi) is 5.22. The van der Waals surface area contributed by atoms with Crippen molar-refractivity contribution in [3.05, 3.63) is 53.7 Å². The summed E-state index contributed by atoms with van der Waals surface area (Å²) in [6.45, 7) is 8.26. The Balaban J connectivity index is 1.70. The average molecular weight is 385 g/mol. The molecule has 0 amide bonds. The Labute approximate surface area is 161 Å². The van der Waals surface area contributed by atoms with Gasteiger partial charge < -0.3 is 4.90 Å². The summed E-state index contributed by atoms with van der Waals surface area (Å²) in [6.07, 6.45) is 1.54. The van der Waals surface area contributed by atoms with Gasteiger partial charge in [0.1, 0.15) is 11.9 Å². The molecule has 0 unspecified atom stereocenters. The van der Waals surface area contributed by atoms with E-state index in [1.165, 1.54) is 10.5 Å². The first-order chi connectivity index (χ1) is 12.7. The lowest BCUT2D eigenvalue weighted by Gasteiger charge is -2.34. The lowest BCUT2D eigenvalue weighted by Crippen LogP contribution is -2.48. The van der Waals surface area contributed by atoms with E-state index in [0.717, 1.165) is 11.4 Å². The molecule has 1 fully saturated rings. The van der Waals surface area contributed by atoms with Gasteiger partial charge in [-0.05, 0) is 35.2 Å². The molecule has 142 valence electrons. The van der Waals surface area contributed by atoms with E-state index < -0.39 is 10.0 Å². The number of benzene rings is 1. The van der Waals surface area contributed by atoms with Crippen LogP contribution in [0.2, 0.25) is 0 Å². The molecule has 1 aromatic heterocycles. The molecule has 1 aromatic carbocycles. The maximum atomic E-state index is 12.9. The SMILES string of the molecule is CC(C)(C)c1ccc(S(=O)(=O)N2CCN(c3ccc(C#N)cn3)CC2)cc1. The van der Waals surface area contributed by atoms with Gasteiger partial charge in [0.05, 0.1) is 10.5 Å². The molecule has 0 spiro atoms. The summed E-state index contributed by atoms with van der Waals surface area (Å²) in [5, 5.41) is 8.86. The third kappa shape index (κ3) is 4.12. The zero-order valence-electron chi connectivity index (χ0n) is 15.9. The van der Waals surface area contributed by atoms with Gasteiger partial charge in [0.25, 0.3) is 0 Å². The molecule has 27 heavy (non-hydrogen) atoms. The zero-order chi connectivity index (χ0) is 19.7. The molecule has 0 N–H and O–H groups in total. The van der Waals surface area contributed by atoms with E-state index in [0.29, 0.717) is 36.6 Å². The normalized spacial score (nSPS) is 16.1. The molecule has 0 radical (unpaired) electrons. The highest BCUT2D eigenvalue weighted by Gasteiger charge is 2.29. The van der Waals surface area contributed by atoms with Crippen molar-refractivity contribution in [2.45, 2.75) is 31.1 Å². The summed E-state index contributed by atoms with van der Waals surface area (Å²) in [5.41, 5.74) is 1.61. The summed E-state index contributed by atoms with van der Waals surface area (Å²) >= 11 is 0. The average Bonchev–Trinajstić information content (AvgIpc) is 2.67. The van der Waals surface area contributed by atoms with Gasteiger partial charge in [0.2, 0.25) is 10.0 Å². The van der Waals surface area contributed by atoms with Crippen LogP contribution in [-0.4, -0.2) is 43.9 Å². The van der Waals surface area contributed by atoms with E-state index in [1.807, 2.05) is 23.1 Å². The molecule has 3 rings (SSSR count). The Morgan fingerprint density at radius 2 is 1.63 bits per heavy atom. The first-order valence-electron chi connectivity index (χ1n) is 8.93. The fourth-order valence-corrected chi connectivity index (χ4v) is 4.49. The standard InChI is InChI=1S/C20H24N4O2S/c1-20(2,3)17-5-7-18(8-6-17)27(25,26)24-12-10-23(11-13-24)19-9-4-16(14-21)15-22-19/h4-9,15H,10-13H2,1-3H3. The first-order valence-corrected chi connectivity index (χ1v) is 10.4. The first kappa shape index (κ1) is 19.3. The molecule has 1 aliphatic heterocycles. The van der Waals surface area contributed by atoms with Crippen LogP contribution in [0.4, 0.5) is 5.82 Å². The monoisotopic (exact) mass is 384 g/mol. The van der Waals surface area contributed by atoms with Crippen molar-refractivity contribution in [3.63, 3.8) is 0 Å². The van der Waals surface area contributed by atoms with E-state index in [1.54, 1.807) is 24.3 Å². The molecule has 7 heteroatoms. The van der Waals surface area contributed by atoms with Crippen LogP contribution in [0.15, 0.2) is 47.5 Å². The second-order valence-corrected chi connectivity index (χ2v) is 9.62. The molecule has 6 nitrogen and oxygen atoms in total. The maximum Gasteiger partial charge on any atom is 0.243 e. The van der Waals surface area contributed by atoms with Crippen LogP contribution in [0.5, 0.6) is 0 Å². The minimum absolute atomic E-state index is 0.0119. The number of sulfonamides is 1. The van der Waals surface area contributed by atoms with Gasteiger partial charge in [-0.1, -0.05) is 32.9 Å². The topological polar surface area (TPSA) is 77.3 Å². The van der Waals surface area contributed by atoms with E-state index in [4.69, 9.17) is 5.26 Å². The van der Waals surface area contributed by atoms with Crippen molar-refractivity contribution in [2.24, 2.45) is 0 Å². The smallest absolute Gasteiger partial charge is 0.243 e. The minimum atomic E-state index is -3.50. The van der Waals surface area contributed by atoms with Crippen LogP contribution in [0.25, 0.3) is 0 Å². The maximum absolute atomic E-state index is 12.9. The van der Waals surface area contributed by atoms with Crippen LogP contribution in [0.1, 0.15) is 31.9 Å². The molecule has 0 saturated carbocycles. The number of anilines is 1. The second-order valence-electron chi connectivity index (χ2n) is 7.68. The second kappa shape index (κ2) is 7.29. The largest absolute Gasteiger partial charge is 0.354 e. The molecular formula is C20H24N4O2S. The van der Waals surface area contributed by atoms with Gasteiger partial charge in [-0.25, -0.2) is 13.4 Å².